The average Bonchev–Trinajstić information content (AvgIpc) is 3.26. The van der Waals surface area contributed by atoms with Crippen LogP contribution in [-0.2, 0) is 30.4 Å². The lowest BCUT2D eigenvalue weighted by Gasteiger charge is -2.25. The number of hydrogen-bond acceptors (Lipinski definition) is 8. The zero-order chi connectivity index (χ0) is 25.8. The van der Waals surface area contributed by atoms with Crippen molar-refractivity contribution in [3.8, 4) is 0 Å². The van der Waals surface area contributed by atoms with Gasteiger partial charge < -0.3 is 36.9 Å². The number of aromatic nitrogens is 2. The maximum Gasteiger partial charge on any atom is 0.327 e. The molecule has 3 amide bonds. The average molecular weight is 501 g/mol. The topological polar surface area (TPSA) is 217 Å². The van der Waals surface area contributed by atoms with Crippen LogP contribution in [0.4, 0.5) is 0 Å². The molecule has 14 heteroatoms. The number of nitrogens with zero attached hydrogens (tertiary/aromatic N) is 1. The first-order valence-corrected chi connectivity index (χ1v) is 11.3. The van der Waals surface area contributed by atoms with Crippen molar-refractivity contribution in [1.29, 1.82) is 0 Å². The van der Waals surface area contributed by atoms with E-state index in [4.69, 9.17) is 10.8 Å². The van der Waals surface area contributed by atoms with E-state index in [9.17, 15) is 29.1 Å². The van der Waals surface area contributed by atoms with E-state index in [0.717, 1.165) is 0 Å². The highest BCUT2D eigenvalue weighted by Crippen LogP contribution is 2.08. The highest BCUT2D eigenvalue weighted by molar-refractivity contribution is 7.80. The Bertz CT molecular complexity index is 848. The van der Waals surface area contributed by atoms with E-state index in [1.807, 2.05) is 13.8 Å². The van der Waals surface area contributed by atoms with Crippen LogP contribution in [0.15, 0.2) is 12.5 Å². The molecule has 8 N–H and O–H groups in total. The third-order valence-electron chi connectivity index (χ3n) is 4.76. The molecule has 13 nitrogen and oxygen atoms in total. The highest BCUT2D eigenvalue weighted by Gasteiger charge is 2.31. The lowest BCUT2D eigenvalue weighted by molar-refractivity contribution is -0.141. The minimum absolute atomic E-state index is 0.00632. The van der Waals surface area contributed by atoms with Crippen molar-refractivity contribution in [3.05, 3.63) is 18.2 Å². The first kappa shape index (κ1) is 28.9. The van der Waals surface area contributed by atoms with Crippen LogP contribution >= 0.6 is 12.6 Å². The van der Waals surface area contributed by atoms with Crippen molar-refractivity contribution in [1.82, 2.24) is 25.9 Å². The van der Waals surface area contributed by atoms with Crippen molar-refractivity contribution in [3.63, 3.8) is 0 Å². The number of amides is 3. The second-order valence-corrected chi connectivity index (χ2v) is 8.52. The molecular formula is C20H32N6O7S. The van der Waals surface area contributed by atoms with Crippen molar-refractivity contribution < 1.29 is 34.2 Å². The molecule has 0 aliphatic carbocycles. The lowest BCUT2D eigenvalue weighted by Crippen LogP contribution is -2.58. The molecule has 34 heavy (non-hydrogen) atoms. The second-order valence-electron chi connectivity index (χ2n) is 8.15. The number of carboxylic acids is 2. The molecular weight excluding hydrogens is 468 g/mol. The lowest BCUT2D eigenvalue weighted by atomic mass is 10.0. The largest absolute Gasteiger partial charge is 0.481 e. The summed E-state index contributed by atoms with van der Waals surface area (Å²) in [5.74, 6) is -4.68. The van der Waals surface area contributed by atoms with Gasteiger partial charge in [-0.2, -0.15) is 12.6 Å². The predicted molar refractivity (Wildman–Crippen MR) is 124 cm³/mol. The maximum absolute atomic E-state index is 13.1. The van der Waals surface area contributed by atoms with Gasteiger partial charge in [-0.1, -0.05) is 13.8 Å². The third-order valence-corrected chi connectivity index (χ3v) is 5.12. The third kappa shape index (κ3) is 10.2. The quantitative estimate of drug-likeness (QED) is 0.133. The van der Waals surface area contributed by atoms with Crippen LogP contribution < -0.4 is 21.7 Å². The number of rotatable bonds is 15. The van der Waals surface area contributed by atoms with E-state index in [1.54, 1.807) is 0 Å². The number of hydrogen-bond donors (Lipinski definition) is 8. The Morgan fingerprint density at radius 3 is 2.12 bits per heavy atom. The summed E-state index contributed by atoms with van der Waals surface area (Å²) in [6.45, 7) is 3.65. The van der Waals surface area contributed by atoms with Gasteiger partial charge in [0, 0.05) is 30.5 Å². The fourth-order valence-electron chi connectivity index (χ4n) is 2.95. The van der Waals surface area contributed by atoms with Crippen LogP contribution in [0.1, 0.15) is 38.8 Å². The molecule has 0 aliphatic heterocycles. The van der Waals surface area contributed by atoms with Crippen molar-refractivity contribution in [2.24, 2.45) is 11.7 Å². The standard InChI is InChI=1S/C20H32N6O7S/c1-10(2)5-13(18(30)26-15(8-34)20(32)33)25-19(31)14(6-11-7-22-9-23-11)24-17(29)12(21)3-4-16(27)28/h7,9-10,12-15,34H,3-6,8,21H2,1-2H3,(H,22,23)(H,24,29)(H,25,31)(H,26,30)(H,27,28)(H,32,33). The molecule has 1 aromatic rings. The van der Waals surface area contributed by atoms with E-state index in [2.05, 4.69) is 38.5 Å². The first-order chi connectivity index (χ1) is 15.9. The van der Waals surface area contributed by atoms with E-state index in [1.165, 1.54) is 12.5 Å². The SMILES string of the molecule is CC(C)CC(NC(=O)C(Cc1cnc[nH]1)NC(=O)C(N)CCC(=O)O)C(=O)NC(CS)C(=O)O. The van der Waals surface area contributed by atoms with E-state index < -0.39 is 53.8 Å². The second kappa shape index (κ2) is 14.2. The van der Waals surface area contributed by atoms with Gasteiger partial charge in [0.15, 0.2) is 0 Å². The Morgan fingerprint density at radius 2 is 1.62 bits per heavy atom. The molecule has 0 radical (unpaired) electrons. The van der Waals surface area contributed by atoms with Crippen LogP contribution in [0.5, 0.6) is 0 Å². The molecule has 0 aliphatic rings. The summed E-state index contributed by atoms with van der Waals surface area (Å²) in [7, 11) is 0. The molecule has 1 aromatic heterocycles. The maximum atomic E-state index is 13.1. The van der Waals surface area contributed by atoms with Gasteiger partial charge in [0.25, 0.3) is 0 Å². The smallest absolute Gasteiger partial charge is 0.327 e. The fraction of sp³-hybridized carbons (Fsp3) is 0.600. The van der Waals surface area contributed by atoms with Gasteiger partial charge in [0.05, 0.1) is 12.4 Å². The van der Waals surface area contributed by atoms with Crippen LogP contribution in [0.2, 0.25) is 0 Å². The minimum Gasteiger partial charge on any atom is -0.481 e. The molecule has 0 saturated carbocycles. The zero-order valence-corrected chi connectivity index (χ0v) is 19.9. The van der Waals surface area contributed by atoms with Crippen LogP contribution in [-0.4, -0.2) is 79.8 Å². The number of nitrogens with one attached hydrogen (secondary N) is 4. The Balaban J connectivity index is 3.00. The zero-order valence-electron chi connectivity index (χ0n) is 19.0. The van der Waals surface area contributed by atoms with E-state index >= 15 is 0 Å². The minimum atomic E-state index is -1.27. The number of nitrogens with two attached hydrogens (primary N) is 1. The van der Waals surface area contributed by atoms with Crippen molar-refractivity contribution >= 4 is 42.3 Å². The van der Waals surface area contributed by atoms with Gasteiger partial charge in [-0.15, -0.1) is 0 Å². The summed E-state index contributed by atoms with van der Waals surface area (Å²) in [4.78, 5) is 66.9. The van der Waals surface area contributed by atoms with Crippen LogP contribution in [0.25, 0.3) is 0 Å². The number of aromatic amines is 1. The van der Waals surface area contributed by atoms with E-state index in [0.29, 0.717) is 5.69 Å². The van der Waals surface area contributed by atoms with E-state index in [-0.39, 0.29) is 37.4 Å². The first-order valence-electron chi connectivity index (χ1n) is 10.6. The van der Waals surface area contributed by atoms with Crippen molar-refractivity contribution in [2.45, 2.75) is 63.7 Å². The number of thiol groups is 1. The number of imidazole rings is 1. The summed E-state index contributed by atoms with van der Waals surface area (Å²) in [5, 5.41) is 25.4. The van der Waals surface area contributed by atoms with Crippen LogP contribution in [0, 0.1) is 5.92 Å². The normalized spacial score (nSPS) is 14.5. The number of aliphatic carboxylic acids is 2. The van der Waals surface area contributed by atoms with Gasteiger partial charge in [0.2, 0.25) is 17.7 Å². The molecule has 0 spiro atoms. The molecule has 0 bridgehead atoms. The summed E-state index contributed by atoms with van der Waals surface area (Å²) < 4.78 is 0. The summed E-state index contributed by atoms with van der Waals surface area (Å²) in [6.07, 6.45) is 2.60. The Hall–Kier alpha value is -3.13. The predicted octanol–water partition coefficient (Wildman–Crippen LogP) is -1.34. The highest BCUT2D eigenvalue weighted by atomic mass is 32.1. The molecule has 0 fully saturated rings. The van der Waals surface area contributed by atoms with Crippen molar-refractivity contribution in [2.75, 3.05) is 5.75 Å². The van der Waals surface area contributed by atoms with Gasteiger partial charge in [-0.05, 0) is 18.8 Å². The summed E-state index contributed by atoms with van der Waals surface area (Å²) in [6, 6.07) is -4.63. The summed E-state index contributed by atoms with van der Waals surface area (Å²) in [5.41, 5.74) is 6.27. The van der Waals surface area contributed by atoms with Gasteiger partial charge in [-0.3, -0.25) is 19.2 Å². The van der Waals surface area contributed by atoms with Gasteiger partial charge in [0.1, 0.15) is 18.1 Å². The Kier molecular flexibility index (Phi) is 12.1. The Morgan fingerprint density at radius 1 is 1.03 bits per heavy atom. The fourth-order valence-corrected chi connectivity index (χ4v) is 3.19. The number of H-pyrrole nitrogens is 1. The molecule has 4 unspecified atom stereocenters. The molecule has 0 aromatic carbocycles. The number of carbonyl (C=O) groups is 5. The number of carbonyl (C=O) groups excluding carboxylic acids is 3. The van der Waals surface area contributed by atoms with Gasteiger partial charge >= 0.3 is 11.9 Å². The number of carboxylic acid groups (broad SMARTS) is 2. The molecule has 0 saturated heterocycles. The Labute approximate surface area is 202 Å². The molecule has 4 atom stereocenters. The monoisotopic (exact) mass is 500 g/mol. The molecule has 1 heterocycles. The molecule has 190 valence electrons. The van der Waals surface area contributed by atoms with Crippen LogP contribution in [0.3, 0.4) is 0 Å². The molecule has 1 rings (SSSR count). The van der Waals surface area contributed by atoms with Gasteiger partial charge in [-0.25, -0.2) is 9.78 Å². The summed E-state index contributed by atoms with van der Waals surface area (Å²) >= 11 is 3.92.